The summed E-state index contributed by atoms with van der Waals surface area (Å²) in [6.45, 7) is 2.54. The molecule has 1 aliphatic heterocycles. The molecule has 2 heterocycles. The Morgan fingerprint density at radius 1 is 1.39 bits per heavy atom. The molecule has 0 saturated carbocycles. The molecule has 1 aromatic carbocycles. The Morgan fingerprint density at radius 3 is 3.00 bits per heavy atom. The molecule has 1 aliphatic rings. The van der Waals surface area contributed by atoms with Gasteiger partial charge in [-0.15, -0.1) is 10.2 Å². The summed E-state index contributed by atoms with van der Waals surface area (Å²) in [5.74, 6) is 1.40. The number of ether oxygens (including phenoxy) is 2. The van der Waals surface area contributed by atoms with Crippen LogP contribution in [0.1, 0.15) is 12.5 Å². The molecule has 0 fully saturated rings. The second kappa shape index (κ2) is 7.05. The molecular weight excluding hydrogens is 336 g/mol. The Bertz CT molecular complexity index is 707. The number of aromatic nitrogens is 2. The molecule has 1 amide bonds. The molecule has 3 rings (SSSR count). The summed E-state index contributed by atoms with van der Waals surface area (Å²) in [6, 6.07) is 5.64. The van der Waals surface area contributed by atoms with Crippen LogP contribution in [0, 0.1) is 0 Å². The number of anilines is 1. The number of benzene rings is 1. The van der Waals surface area contributed by atoms with Gasteiger partial charge in [0, 0.05) is 13.6 Å². The molecule has 0 unspecified atom stereocenters. The number of thioether (sulfide) groups is 1. The number of rotatable bonds is 6. The SMILES string of the molecule is CNc1nnc(S[C@@H](C)C(=O)NCc2ccc3c(c2)OCO3)s1. The molecule has 2 aromatic rings. The Balaban J connectivity index is 1.52. The topological polar surface area (TPSA) is 85.4 Å². The summed E-state index contributed by atoms with van der Waals surface area (Å²) in [5, 5.41) is 14.3. The maximum absolute atomic E-state index is 12.2. The lowest BCUT2D eigenvalue weighted by atomic mass is 10.2. The van der Waals surface area contributed by atoms with Crippen LogP contribution in [-0.4, -0.2) is 35.2 Å². The van der Waals surface area contributed by atoms with Crippen molar-refractivity contribution in [2.75, 3.05) is 19.2 Å². The first-order valence-electron chi connectivity index (χ1n) is 7.00. The summed E-state index contributed by atoms with van der Waals surface area (Å²) in [7, 11) is 1.79. The normalized spacial score (nSPS) is 13.7. The van der Waals surface area contributed by atoms with Gasteiger partial charge in [0.2, 0.25) is 17.8 Å². The second-order valence-electron chi connectivity index (χ2n) is 4.79. The Kier molecular flexibility index (Phi) is 4.87. The van der Waals surface area contributed by atoms with Gasteiger partial charge in [-0.3, -0.25) is 4.79 Å². The van der Waals surface area contributed by atoms with E-state index in [2.05, 4.69) is 20.8 Å². The first-order chi connectivity index (χ1) is 11.2. The van der Waals surface area contributed by atoms with Crippen molar-refractivity contribution in [2.45, 2.75) is 23.1 Å². The van der Waals surface area contributed by atoms with E-state index < -0.39 is 0 Å². The second-order valence-corrected chi connectivity index (χ2v) is 7.35. The maximum Gasteiger partial charge on any atom is 0.233 e. The maximum atomic E-state index is 12.2. The molecule has 1 atom stereocenters. The van der Waals surface area contributed by atoms with Crippen LogP contribution in [0.4, 0.5) is 5.13 Å². The summed E-state index contributed by atoms with van der Waals surface area (Å²) < 4.78 is 11.4. The van der Waals surface area contributed by atoms with E-state index in [1.165, 1.54) is 23.1 Å². The zero-order valence-electron chi connectivity index (χ0n) is 12.7. The average molecular weight is 352 g/mol. The van der Waals surface area contributed by atoms with E-state index in [9.17, 15) is 4.79 Å². The number of nitrogens with one attached hydrogen (secondary N) is 2. The van der Waals surface area contributed by atoms with Gasteiger partial charge < -0.3 is 20.1 Å². The molecule has 0 aliphatic carbocycles. The molecule has 7 nitrogen and oxygen atoms in total. The molecule has 23 heavy (non-hydrogen) atoms. The van der Waals surface area contributed by atoms with Crippen molar-refractivity contribution >= 4 is 34.1 Å². The van der Waals surface area contributed by atoms with E-state index in [4.69, 9.17) is 9.47 Å². The third-order valence-corrected chi connectivity index (χ3v) is 5.30. The third-order valence-electron chi connectivity index (χ3n) is 3.17. The summed E-state index contributed by atoms with van der Waals surface area (Å²) in [6.07, 6.45) is 0. The third kappa shape index (κ3) is 3.85. The molecular formula is C14H16N4O3S2. The highest BCUT2D eigenvalue weighted by molar-refractivity contribution is 8.02. The van der Waals surface area contributed by atoms with Gasteiger partial charge in [0.15, 0.2) is 15.8 Å². The smallest absolute Gasteiger partial charge is 0.233 e. The molecule has 9 heteroatoms. The lowest BCUT2D eigenvalue weighted by molar-refractivity contribution is -0.120. The lowest BCUT2D eigenvalue weighted by Gasteiger charge is -2.10. The number of hydrogen-bond donors (Lipinski definition) is 2. The zero-order valence-corrected chi connectivity index (χ0v) is 14.3. The Labute approximate surface area is 141 Å². The summed E-state index contributed by atoms with van der Waals surface area (Å²) in [5.41, 5.74) is 0.966. The zero-order chi connectivity index (χ0) is 16.2. The van der Waals surface area contributed by atoms with Crippen LogP contribution < -0.4 is 20.1 Å². The van der Waals surface area contributed by atoms with Gasteiger partial charge in [-0.05, 0) is 24.6 Å². The number of fused-ring (bicyclic) bond motifs is 1. The van der Waals surface area contributed by atoms with Gasteiger partial charge in [0.05, 0.1) is 5.25 Å². The van der Waals surface area contributed by atoms with Gasteiger partial charge in [0.25, 0.3) is 0 Å². The van der Waals surface area contributed by atoms with Crippen LogP contribution in [0.15, 0.2) is 22.5 Å². The highest BCUT2D eigenvalue weighted by Crippen LogP contribution is 2.32. The fourth-order valence-electron chi connectivity index (χ4n) is 1.95. The Morgan fingerprint density at radius 2 is 2.22 bits per heavy atom. The van der Waals surface area contributed by atoms with E-state index in [1.807, 2.05) is 25.1 Å². The largest absolute Gasteiger partial charge is 0.454 e. The number of carbonyl (C=O) groups excluding carboxylic acids is 1. The minimum Gasteiger partial charge on any atom is -0.454 e. The van der Waals surface area contributed by atoms with Gasteiger partial charge in [-0.25, -0.2) is 0 Å². The summed E-state index contributed by atoms with van der Waals surface area (Å²) in [4.78, 5) is 12.2. The highest BCUT2D eigenvalue weighted by atomic mass is 32.2. The van der Waals surface area contributed by atoms with Crippen LogP contribution in [-0.2, 0) is 11.3 Å². The number of amides is 1. The predicted molar refractivity (Wildman–Crippen MR) is 89.2 cm³/mol. The lowest BCUT2D eigenvalue weighted by Crippen LogP contribution is -2.30. The highest BCUT2D eigenvalue weighted by Gasteiger charge is 2.18. The average Bonchev–Trinajstić information content (AvgIpc) is 3.20. The molecule has 0 saturated heterocycles. The van der Waals surface area contributed by atoms with Crippen molar-refractivity contribution < 1.29 is 14.3 Å². The predicted octanol–water partition coefficient (Wildman–Crippen LogP) is 2.11. The molecule has 0 radical (unpaired) electrons. The van der Waals surface area contributed by atoms with Crippen LogP contribution in [0.3, 0.4) is 0 Å². The van der Waals surface area contributed by atoms with Crippen LogP contribution in [0.5, 0.6) is 11.5 Å². The van der Waals surface area contributed by atoms with Crippen molar-refractivity contribution in [1.82, 2.24) is 15.5 Å². The molecule has 2 N–H and O–H groups in total. The van der Waals surface area contributed by atoms with Crippen LogP contribution in [0.2, 0.25) is 0 Å². The number of nitrogens with zero attached hydrogens (tertiary/aromatic N) is 2. The minimum atomic E-state index is -0.248. The fourth-order valence-corrected chi connectivity index (χ4v) is 3.82. The van der Waals surface area contributed by atoms with Crippen molar-refractivity contribution in [2.24, 2.45) is 0 Å². The van der Waals surface area contributed by atoms with Crippen molar-refractivity contribution in [3.05, 3.63) is 23.8 Å². The number of carbonyl (C=O) groups is 1. The van der Waals surface area contributed by atoms with E-state index in [1.54, 1.807) is 7.05 Å². The first kappa shape index (κ1) is 15.9. The quantitative estimate of drug-likeness (QED) is 0.770. The van der Waals surface area contributed by atoms with Crippen LogP contribution >= 0.6 is 23.1 Å². The van der Waals surface area contributed by atoms with Crippen molar-refractivity contribution in [1.29, 1.82) is 0 Å². The van der Waals surface area contributed by atoms with E-state index in [0.29, 0.717) is 12.3 Å². The van der Waals surface area contributed by atoms with E-state index >= 15 is 0 Å². The van der Waals surface area contributed by atoms with E-state index in [0.717, 1.165) is 20.8 Å². The summed E-state index contributed by atoms with van der Waals surface area (Å²) >= 11 is 2.82. The van der Waals surface area contributed by atoms with Gasteiger partial charge in [-0.1, -0.05) is 29.2 Å². The van der Waals surface area contributed by atoms with Crippen molar-refractivity contribution in [3.63, 3.8) is 0 Å². The molecule has 0 bridgehead atoms. The van der Waals surface area contributed by atoms with Crippen molar-refractivity contribution in [3.8, 4) is 11.5 Å². The molecule has 1 aromatic heterocycles. The fraction of sp³-hybridized carbons (Fsp3) is 0.357. The van der Waals surface area contributed by atoms with Crippen LogP contribution in [0.25, 0.3) is 0 Å². The minimum absolute atomic E-state index is 0.0473. The first-order valence-corrected chi connectivity index (χ1v) is 8.69. The Hall–Kier alpha value is -2.00. The molecule has 122 valence electrons. The van der Waals surface area contributed by atoms with Gasteiger partial charge >= 0.3 is 0 Å². The van der Waals surface area contributed by atoms with E-state index in [-0.39, 0.29) is 18.0 Å². The van der Waals surface area contributed by atoms with Gasteiger partial charge in [0.1, 0.15) is 0 Å². The monoisotopic (exact) mass is 352 g/mol. The number of hydrogen-bond acceptors (Lipinski definition) is 8. The standard InChI is InChI=1S/C14H16N4O3S2/c1-8(22-14-18-17-13(15-2)23-14)12(19)16-6-9-3-4-10-11(5-9)21-7-20-10/h3-5,8H,6-7H2,1-2H3,(H,15,17)(H,16,19)/t8-/m0/s1. The molecule has 0 spiro atoms. The van der Waals surface area contributed by atoms with Gasteiger partial charge in [-0.2, -0.15) is 0 Å².